The quantitative estimate of drug-likeness (QED) is 0.685. The van der Waals surface area contributed by atoms with E-state index in [0.29, 0.717) is 18.1 Å². The molecule has 2 unspecified atom stereocenters. The van der Waals surface area contributed by atoms with Gasteiger partial charge in [0.25, 0.3) is 0 Å². The first-order valence-corrected chi connectivity index (χ1v) is 5.29. The molecular weight excluding hydrogens is 196 g/mol. The Bertz CT molecular complexity index is 353. The van der Waals surface area contributed by atoms with Crippen molar-refractivity contribution in [2.75, 3.05) is 10.6 Å². The van der Waals surface area contributed by atoms with E-state index in [1.165, 1.54) is 0 Å². The van der Waals surface area contributed by atoms with Gasteiger partial charge in [0.1, 0.15) is 0 Å². The number of anilines is 2. The summed E-state index contributed by atoms with van der Waals surface area (Å²) >= 11 is 0. The van der Waals surface area contributed by atoms with Gasteiger partial charge >= 0.3 is 12.0 Å². The number of hydrogen-bond acceptors (Lipinski definition) is 6. The molecule has 1 aromatic heterocycles. The van der Waals surface area contributed by atoms with Crippen molar-refractivity contribution in [1.82, 2.24) is 10.2 Å². The predicted octanol–water partition coefficient (Wildman–Crippen LogP) is 0.144. The molecule has 3 heterocycles. The summed E-state index contributed by atoms with van der Waals surface area (Å²) in [5.74, 6) is 0. The predicted molar refractivity (Wildman–Crippen MR) is 53.2 cm³/mol. The SMILES string of the molecule is Nc1nnc(N2C3CCC2CC(O)C3)o1. The summed E-state index contributed by atoms with van der Waals surface area (Å²) in [5.41, 5.74) is 5.41. The Balaban J connectivity index is 1.88. The number of hydrogen-bond donors (Lipinski definition) is 2. The number of fused-ring (bicyclic) bond motifs is 2. The average molecular weight is 210 g/mol. The molecule has 3 N–H and O–H groups in total. The van der Waals surface area contributed by atoms with Gasteiger partial charge in [-0.15, -0.1) is 0 Å². The summed E-state index contributed by atoms with van der Waals surface area (Å²) in [7, 11) is 0. The lowest BCUT2D eigenvalue weighted by Crippen LogP contribution is -2.45. The fraction of sp³-hybridized carbons (Fsp3) is 0.778. The Hall–Kier alpha value is -1.30. The van der Waals surface area contributed by atoms with Crippen LogP contribution in [0.2, 0.25) is 0 Å². The lowest BCUT2D eigenvalue weighted by Gasteiger charge is -2.35. The first-order valence-electron chi connectivity index (χ1n) is 5.29. The first-order chi connectivity index (χ1) is 7.24. The number of aromatic nitrogens is 2. The maximum absolute atomic E-state index is 9.64. The monoisotopic (exact) mass is 210 g/mol. The Morgan fingerprint density at radius 3 is 2.47 bits per heavy atom. The van der Waals surface area contributed by atoms with E-state index in [-0.39, 0.29) is 12.1 Å². The lowest BCUT2D eigenvalue weighted by atomic mass is 10.0. The highest BCUT2D eigenvalue weighted by molar-refractivity contribution is 5.35. The van der Waals surface area contributed by atoms with Gasteiger partial charge in [0.15, 0.2) is 0 Å². The van der Waals surface area contributed by atoms with E-state index in [0.717, 1.165) is 25.7 Å². The number of aliphatic hydroxyl groups excluding tert-OH is 1. The summed E-state index contributed by atoms with van der Waals surface area (Å²) in [6.07, 6.45) is 3.57. The summed E-state index contributed by atoms with van der Waals surface area (Å²) in [4.78, 5) is 2.12. The zero-order valence-corrected chi connectivity index (χ0v) is 8.33. The molecule has 3 rings (SSSR count). The topological polar surface area (TPSA) is 88.4 Å². The van der Waals surface area contributed by atoms with Crippen LogP contribution >= 0.6 is 0 Å². The minimum atomic E-state index is -0.181. The zero-order chi connectivity index (χ0) is 10.4. The molecule has 2 saturated heterocycles. The highest BCUT2D eigenvalue weighted by atomic mass is 16.4. The molecule has 0 aliphatic carbocycles. The van der Waals surface area contributed by atoms with E-state index in [1.54, 1.807) is 0 Å². The second kappa shape index (κ2) is 3.10. The first kappa shape index (κ1) is 8.96. The van der Waals surface area contributed by atoms with E-state index < -0.39 is 0 Å². The van der Waals surface area contributed by atoms with Gasteiger partial charge in [-0.1, -0.05) is 10.2 Å². The van der Waals surface area contributed by atoms with Crippen molar-refractivity contribution < 1.29 is 9.52 Å². The molecule has 6 heteroatoms. The average Bonchev–Trinajstić information content (AvgIpc) is 2.69. The van der Waals surface area contributed by atoms with Gasteiger partial charge in [-0.05, 0) is 25.7 Å². The van der Waals surface area contributed by atoms with Crippen LogP contribution in [0, 0.1) is 0 Å². The van der Waals surface area contributed by atoms with Gasteiger partial charge in [-0.2, -0.15) is 0 Å². The highest BCUT2D eigenvalue weighted by Crippen LogP contribution is 2.38. The minimum Gasteiger partial charge on any atom is -0.393 e. The third-order valence-electron chi connectivity index (χ3n) is 3.36. The minimum absolute atomic E-state index is 0.107. The van der Waals surface area contributed by atoms with Crippen molar-refractivity contribution in [1.29, 1.82) is 0 Å². The summed E-state index contributed by atoms with van der Waals surface area (Å²) in [5, 5.41) is 17.2. The van der Waals surface area contributed by atoms with Crippen LogP contribution in [0.25, 0.3) is 0 Å². The maximum Gasteiger partial charge on any atom is 0.320 e. The van der Waals surface area contributed by atoms with Crippen molar-refractivity contribution in [2.45, 2.75) is 43.9 Å². The molecule has 0 amide bonds. The van der Waals surface area contributed by atoms with Crippen LogP contribution in [0.1, 0.15) is 25.7 Å². The molecule has 15 heavy (non-hydrogen) atoms. The second-order valence-corrected chi connectivity index (χ2v) is 4.34. The Morgan fingerprint density at radius 1 is 1.27 bits per heavy atom. The van der Waals surface area contributed by atoms with Gasteiger partial charge < -0.3 is 20.2 Å². The molecular formula is C9H14N4O2. The summed E-state index contributed by atoms with van der Waals surface area (Å²) in [6.45, 7) is 0. The molecule has 2 aliphatic rings. The van der Waals surface area contributed by atoms with Gasteiger partial charge in [-0.3, -0.25) is 0 Å². The van der Waals surface area contributed by atoms with Crippen molar-refractivity contribution in [3.05, 3.63) is 0 Å². The van der Waals surface area contributed by atoms with Crippen LogP contribution in [0.15, 0.2) is 4.42 Å². The van der Waals surface area contributed by atoms with Crippen molar-refractivity contribution in [3.8, 4) is 0 Å². The number of aliphatic hydroxyl groups is 1. The molecule has 0 radical (unpaired) electrons. The zero-order valence-electron chi connectivity index (χ0n) is 8.33. The number of nitrogens with two attached hydrogens (primary N) is 1. The Labute approximate surface area is 87.1 Å². The standard InChI is InChI=1S/C9H14N4O2/c10-8-11-12-9(15-8)13-5-1-2-6(13)4-7(14)3-5/h5-7,14H,1-4H2,(H2,10,11). The second-order valence-electron chi connectivity index (χ2n) is 4.34. The summed E-state index contributed by atoms with van der Waals surface area (Å²) < 4.78 is 5.24. The molecule has 0 saturated carbocycles. The van der Waals surface area contributed by atoms with Crippen LogP contribution in [0.5, 0.6) is 0 Å². The lowest BCUT2D eigenvalue weighted by molar-refractivity contribution is 0.124. The van der Waals surface area contributed by atoms with Gasteiger partial charge in [0, 0.05) is 12.1 Å². The van der Waals surface area contributed by atoms with E-state index in [4.69, 9.17) is 10.2 Å². The molecule has 2 fully saturated rings. The van der Waals surface area contributed by atoms with E-state index in [2.05, 4.69) is 15.1 Å². The van der Waals surface area contributed by atoms with Gasteiger partial charge in [0.05, 0.1) is 6.10 Å². The largest absolute Gasteiger partial charge is 0.393 e. The maximum atomic E-state index is 9.64. The van der Waals surface area contributed by atoms with Crippen LogP contribution in [0.4, 0.5) is 12.0 Å². The number of rotatable bonds is 1. The third-order valence-corrected chi connectivity index (χ3v) is 3.36. The fourth-order valence-electron chi connectivity index (χ4n) is 2.79. The van der Waals surface area contributed by atoms with Crippen molar-refractivity contribution in [3.63, 3.8) is 0 Å². The summed E-state index contributed by atoms with van der Waals surface area (Å²) in [6, 6.07) is 1.28. The third kappa shape index (κ3) is 1.36. The number of nitrogens with zero attached hydrogens (tertiary/aromatic N) is 3. The number of nitrogen functional groups attached to an aromatic ring is 1. The molecule has 0 aromatic carbocycles. The fourth-order valence-corrected chi connectivity index (χ4v) is 2.79. The number of piperidine rings is 1. The Kier molecular flexibility index (Phi) is 1.85. The van der Waals surface area contributed by atoms with Crippen molar-refractivity contribution >= 4 is 12.0 Å². The highest BCUT2D eigenvalue weighted by Gasteiger charge is 2.42. The molecule has 0 spiro atoms. The van der Waals surface area contributed by atoms with E-state index in [1.807, 2.05) is 0 Å². The van der Waals surface area contributed by atoms with E-state index >= 15 is 0 Å². The van der Waals surface area contributed by atoms with Crippen molar-refractivity contribution in [2.24, 2.45) is 0 Å². The molecule has 2 aliphatic heterocycles. The van der Waals surface area contributed by atoms with Crippen LogP contribution in [-0.2, 0) is 0 Å². The smallest absolute Gasteiger partial charge is 0.320 e. The van der Waals surface area contributed by atoms with Crippen LogP contribution in [0.3, 0.4) is 0 Å². The Morgan fingerprint density at radius 2 is 1.93 bits per heavy atom. The van der Waals surface area contributed by atoms with Crippen LogP contribution < -0.4 is 10.6 Å². The van der Waals surface area contributed by atoms with E-state index in [9.17, 15) is 5.11 Å². The van der Waals surface area contributed by atoms with Gasteiger partial charge in [0.2, 0.25) is 0 Å². The molecule has 82 valence electrons. The van der Waals surface area contributed by atoms with Gasteiger partial charge in [-0.25, -0.2) is 0 Å². The molecule has 6 nitrogen and oxygen atoms in total. The molecule has 2 bridgehead atoms. The molecule has 2 atom stereocenters. The normalized spacial score (nSPS) is 34.7. The van der Waals surface area contributed by atoms with Crippen LogP contribution in [-0.4, -0.2) is 33.5 Å². The molecule has 1 aromatic rings.